The molecule has 0 spiro atoms. The molecule has 0 aromatic carbocycles. The van der Waals surface area contributed by atoms with Crippen LogP contribution in [0.5, 0.6) is 0 Å². The van der Waals surface area contributed by atoms with Gasteiger partial charge in [0.25, 0.3) is 0 Å². The second-order valence-corrected chi connectivity index (χ2v) is 5.61. The van der Waals surface area contributed by atoms with Gasteiger partial charge in [-0.3, -0.25) is 9.59 Å². The third-order valence-corrected chi connectivity index (χ3v) is 3.95. The molecule has 1 rings (SSSR count). The molecule has 0 radical (unpaired) electrons. The summed E-state index contributed by atoms with van der Waals surface area (Å²) in [5, 5.41) is 18.7. The van der Waals surface area contributed by atoms with Crippen molar-refractivity contribution in [3.05, 3.63) is 0 Å². The van der Waals surface area contributed by atoms with Crippen LogP contribution in [0.15, 0.2) is 0 Å². The summed E-state index contributed by atoms with van der Waals surface area (Å²) in [7, 11) is 0. The molecule has 1 saturated heterocycles. The summed E-state index contributed by atoms with van der Waals surface area (Å²) >= 11 is 1.22. The van der Waals surface area contributed by atoms with Crippen LogP contribution >= 0.6 is 11.8 Å². The zero-order valence-corrected chi connectivity index (χ0v) is 10.9. The first kappa shape index (κ1) is 14.5. The lowest BCUT2D eigenvalue weighted by molar-refractivity contribution is -0.132. The quantitative estimate of drug-likeness (QED) is 0.720. The summed E-state index contributed by atoms with van der Waals surface area (Å²) in [4.78, 5) is 24.1. The van der Waals surface area contributed by atoms with Crippen LogP contribution in [0.2, 0.25) is 0 Å². The van der Waals surface area contributed by atoms with Gasteiger partial charge in [0.1, 0.15) is 0 Å². The molecule has 17 heavy (non-hydrogen) atoms. The number of nitrogens with zero attached hydrogens (tertiary/aromatic N) is 1. The number of rotatable bonds is 5. The van der Waals surface area contributed by atoms with Crippen molar-refractivity contribution in [2.45, 2.75) is 32.4 Å². The average molecular weight is 261 g/mol. The molecule has 0 bridgehead atoms. The monoisotopic (exact) mass is 261 g/mol. The zero-order chi connectivity index (χ0) is 13.0. The molecule has 2 N–H and O–H groups in total. The van der Waals surface area contributed by atoms with Gasteiger partial charge in [-0.1, -0.05) is 11.8 Å². The fraction of sp³-hybridized carbons (Fsp3) is 0.818. The van der Waals surface area contributed by atoms with Crippen molar-refractivity contribution in [3.63, 3.8) is 0 Å². The van der Waals surface area contributed by atoms with Crippen LogP contribution in [-0.2, 0) is 9.59 Å². The van der Waals surface area contributed by atoms with Crippen molar-refractivity contribution in [2.75, 3.05) is 18.9 Å². The van der Waals surface area contributed by atoms with Gasteiger partial charge < -0.3 is 15.1 Å². The maximum Gasteiger partial charge on any atom is 0.223 e. The topological polar surface area (TPSA) is 77.8 Å². The van der Waals surface area contributed by atoms with Crippen LogP contribution in [0.3, 0.4) is 0 Å². The summed E-state index contributed by atoms with van der Waals surface area (Å²) < 4.78 is 0. The molecule has 5 nitrogen and oxygen atoms in total. The molecule has 1 aliphatic rings. The summed E-state index contributed by atoms with van der Waals surface area (Å²) in [5.41, 5.74) is 0. The smallest absolute Gasteiger partial charge is 0.223 e. The van der Waals surface area contributed by atoms with Gasteiger partial charge in [0.2, 0.25) is 5.91 Å². The lowest BCUT2D eigenvalue weighted by atomic mass is 10.1. The van der Waals surface area contributed by atoms with E-state index in [9.17, 15) is 14.7 Å². The predicted molar refractivity (Wildman–Crippen MR) is 65.5 cm³/mol. The summed E-state index contributed by atoms with van der Waals surface area (Å²) in [6, 6.07) is -0.533. The Bertz CT molecular complexity index is 295. The Morgan fingerprint density at radius 3 is 2.76 bits per heavy atom. The summed E-state index contributed by atoms with van der Waals surface area (Å²) in [5.74, 6) is 0.693. The number of aliphatic hydroxyl groups excluding tert-OH is 2. The first-order chi connectivity index (χ1) is 7.95. The molecule has 0 aromatic heterocycles. The highest BCUT2D eigenvalue weighted by molar-refractivity contribution is 8.13. The minimum Gasteiger partial charge on any atom is -0.394 e. The van der Waals surface area contributed by atoms with Crippen molar-refractivity contribution in [3.8, 4) is 0 Å². The Labute approximate surface area is 105 Å². The van der Waals surface area contributed by atoms with Crippen molar-refractivity contribution in [1.29, 1.82) is 0 Å². The number of likely N-dealkylation sites (tertiary alicyclic amines) is 1. The summed E-state index contributed by atoms with van der Waals surface area (Å²) in [6.07, 6.45) is -0.355. The van der Waals surface area contributed by atoms with Gasteiger partial charge in [-0.05, 0) is 12.8 Å². The molecular formula is C11H19NO4S. The minimum absolute atomic E-state index is 0.0464. The normalized spacial score (nSPS) is 23.9. The largest absolute Gasteiger partial charge is 0.394 e. The number of hydrogen-bond acceptors (Lipinski definition) is 5. The van der Waals surface area contributed by atoms with E-state index in [4.69, 9.17) is 5.11 Å². The molecule has 0 saturated carbocycles. The molecule has 3 atom stereocenters. The van der Waals surface area contributed by atoms with E-state index in [0.29, 0.717) is 18.7 Å². The number of aliphatic hydroxyl groups is 2. The number of amides is 1. The van der Waals surface area contributed by atoms with Crippen LogP contribution in [0.4, 0.5) is 0 Å². The van der Waals surface area contributed by atoms with Crippen LogP contribution in [0.1, 0.15) is 20.3 Å². The number of thioether (sulfide) groups is 1. The van der Waals surface area contributed by atoms with Gasteiger partial charge in [-0.15, -0.1) is 0 Å². The van der Waals surface area contributed by atoms with Crippen molar-refractivity contribution < 1.29 is 19.8 Å². The Balaban J connectivity index is 2.54. The second kappa shape index (κ2) is 6.37. The van der Waals surface area contributed by atoms with E-state index in [1.165, 1.54) is 23.6 Å². The predicted octanol–water partition coefficient (Wildman–Crippen LogP) is -0.144. The van der Waals surface area contributed by atoms with E-state index in [-0.39, 0.29) is 23.5 Å². The van der Waals surface area contributed by atoms with Crippen LogP contribution in [0.25, 0.3) is 0 Å². The molecule has 1 fully saturated rings. The molecular weight excluding hydrogens is 242 g/mol. The minimum atomic E-state index is -0.747. The van der Waals surface area contributed by atoms with Crippen LogP contribution < -0.4 is 0 Å². The molecule has 0 aliphatic carbocycles. The average Bonchev–Trinajstić information content (AvgIpc) is 2.58. The van der Waals surface area contributed by atoms with Gasteiger partial charge in [-0.2, -0.15) is 0 Å². The Morgan fingerprint density at radius 2 is 2.29 bits per heavy atom. The fourth-order valence-electron chi connectivity index (χ4n) is 1.99. The molecule has 0 aromatic rings. The second-order valence-electron chi connectivity index (χ2n) is 4.41. The summed E-state index contributed by atoms with van der Waals surface area (Å²) in [6.45, 7) is 3.34. The van der Waals surface area contributed by atoms with Gasteiger partial charge in [0.05, 0.1) is 18.8 Å². The van der Waals surface area contributed by atoms with E-state index in [1.54, 1.807) is 6.92 Å². The Morgan fingerprint density at radius 1 is 1.65 bits per heavy atom. The first-order valence-corrected chi connectivity index (χ1v) is 6.66. The van der Waals surface area contributed by atoms with Gasteiger partial charge >= 0.3 is 0 Å². The Kier molecular flexibility index (Phi) is 5.42. The molecule has 1 aliphatic heterocycles. The van der Waals surface area contributed by atoms with Crippen LogP contribution in [0, 0.1) is 5.92 Å². The highest BCUT2D eigenvalue weighted by Crippen LogP contribution is 2.24. The third kappa shape index (κ3) is 3.97. The van der Waals surface area contributed by atoms with E-state index in [1.807, 2.05) is 0 Å². The van der Waals surface area contributed by atoms with Gasteiger partial charge in [0, 0.05) is 25.6 Å². The van der Waals surface area contributed by atoms with E-state index in [2.05, 4.69) is 0 Å². The van der Waals surface area contributed by atoms with Gasteiger partial charge in [-0.25, -0.2) is 0 Å². The number of carbonyl (C=O) groups is 2. The standard InChI is InChI=1S/C11H19NO4S/c1-7(14)10(5-13)12-4-9(3-11(12)16)6-17-8(2)15/h7,9-10,13-14H,3-6H2,1-2H3/t7-,9?,10-/m1/s1. The van der Waals surface area contributed by atoms with Crippen molar-refractivity contribution >= 4 is 22.8 Å². The van der Waals surface area contributed by atoms with Crippen molar-refractivity contribution in [2.24, 2.45) is 5.92 Å². The molecule has 1 heterocycles. The highest BCUT2D eigenvalue weighted by atomic mass is 32.2. The van der Waals surface area contributed by atoms with E-state index >= 15 is 0 Å². The molecule has 6 heteroatoms. The fourth-order valence-corrected chi connectivity index (χ4v) is 2.68. The lowest BCUT2D eigenvalue weighted by Gasteiger charge is -2.28. The van der Waals surface area contributed by atoms with E-state index < -0.39 is 12.1 Å². The molecule has 1 amide bonds. The maximum absolute atomic E-state index is 11.7. The zero-order valence-electron chi connectivity index (χ0n) is 10.1. The molecule has 98 valence electrons. The number of carbonyl (C=O) groups excluding carboxylic acids is 2. The Hall–Kier alpha value is -0.590. The van der Waals surface area contributed by atoms with Gasteiger partial charge in [0.15, 0.2) is 5.12 Å². The van der Waals surface area contributed by atoms with Crippen LogP contribution in [-0.4, -0.2) is 57.2 Å². The maximum atomic E-state index is 11.7. The first-order valence-electron chi connectivity index (χ1n) is 5.67. The number of hydrogen-bond donors (Lipinski definition) is 2. The third-order valence-electron chi connectivity index (χ3n) is 2.91. The lowest BCUT2D eigenvalue weighted by Crippen LogP contribution is -2.46. The van der Waals surface area contributed by atoms with E-state index in [0.717, 1.165) is 0 Å². The SMILES string of the molecule is CC(=O)SCC1CC(=O)N([C@H](CO)[C@@H](C)O)C1. The molecule has 1 unspecified atom stereocenters. The highest BCUT2D eigenvalue weighted by Gasteiger charge is 2.35. The van der Waals surface area contributed by atoms with Crippen molar-refractivity contribution in [1.82, 2.24) is 4.90 Å².